The first kappa shape index (κ1) is 23.1. The Morgan fingerprint density at radius 3 is 2.12 bits per heavy atom. The molecule has 0 bridgehead atoms. The number of fused-ring (bicyclic) bond motifs is 1. The first-order valence-electron chi connectivity index (χ1n) is 9.72. The van der Waals surface area contributed by atoms with Gasteiger partial charge in [0.2, 0.25) is 0 Å². The fraction of sp³-hybridized carbons (Fsp3) is 0.0870. The van der Waals surface area contributed by atoms with E-state index in [2.05, 4.69) is 10.6 Å². The summed E-state index contributed by atoms with van der Waals surface area (Å²) in [6, 6.07) is 13.0. The van der Waals surface area contributed by atoms with E-state index in [1.165, 1.54) is 37.4 Å². The minimum atomic E-state index is -4.65. The zero-order valence-corrected chi connectivity index (χ0v) is 18.1. The van der Waals surface area contributed by atoms with Crippen LogP contribution < -0.4 is 15.4 Å². The molecular formula is C23H15ClF3N3O4. The number of alkyl halides is 3. The lowest BCUT2D eigenvalue weighted by Gasteiger charge is -2.12. The minimum absolute atomic E-state index is 0.0792. The van der Waals surface area contributed by atoms with Gasteiger partial charge in [-0.15, -0.1) is 0 Å². The molecule has 1 aliphatic rings. The van der Waals surface area contributed by atoms with E-state index in [9.17, 15) is 27.6 Å². The van der Waals surface area contributed by atoms with Crippen LogP contribution in [0.2, 0.25) is 5.02 Å². The van der Waals surface area contributed by atoms with Gasteiger partial charge in [0.15, 0.2) is 0 Å². The smallest absolute Gasteiger partial charge is 0.417 e. The maximum absolute atomic E-state index is 13.0. The van der Waals surface area contributed by atoms with Gasteiger partial charge in [-0.05, 0) is 60.7 Å². The van der Waals surface area contributed by atoms with Crippen LogP contribution in [0.5, 0.6) is 11.5 Å². The third-order valence-electron chi connectivity index (χ3n) is 4.94. The number of nitrogens with one attached hydrogen (secondary N) is 2. The Bertz CT molecular complexity index is 1310. The molecule has 0 aromatic heterocycles. The fourth-order valence-corrected chi connectivity index (χ4v) is 3.48. The van der Waals surface area contributed by atoms with E-state index in [0.29, 0.717) is 22.7 Å². The molecule has 0 fully saturated rings. The van der Waals surface area contributed by atoms with Crippen molar-refractivity contribution in [2.24, 2.45) is 0 Å². The SMILES string of the molecule is CN1C(=O)c2ccc(Oc3ccc(NC(=O)Nc4ccc(Cl)c(C(F)(F)F)c4)cc3)cc2C1=O. The second-order valence-electron chi connectivity index (χ2n) is 7.27. The van der Waals surface area contributed by atoms with Gasteiger partial charge in [0, 0.05) is 18.4 Å². The molecule has 0 spiro atoms. The number of urea groups is 1. The summed E-state index contributed by atoms with van der Waals surface area (Å²) in [5, 5.41) is 4.34. The zero-order chi connectivity index (χ0) is 24.6. The van der Waals surface area contributed by atoms with Gasteiger partial charge in [-0.25, -0.2) is 4.79 Å². The molecule has 4 rings (SSSR count). The van der Waals surface area contributed by atoms with E-state index in [4.69, 9.17) is 16.3 Å². The molecule has 1 heterocycles. The van der Waals surface area contributed by atoms with Crippen molar-refractivity contribution in [2.45, 2.75) is 6.18 Å². The highest BCUT2D eigenvalue weighted by Crippen LogP contribution is 2.36. The molecule has 3 aromatic rings. The van der Waals surface area contributed by atoms with E-state index in [1.54, 1.807) is 18.2 Å². The summed E-state index contributed by atoms with van der Waals surface area (Å²) in [5.74, 6) is -0.0621. The van der Waals surface area contributed by atoms with Crippen LogP contribution in [0.15, 0.2) is 60.7 Å². The normalized spacial score (nSPS) is 13.0. The zero-order valence-electron chi connectivity index (χ0n) is 17.4. The number of halogens is 4. The molecule has 1 aliphatic heterocycles. The van der Waals surface area contributed by atoms with Crippen LogP contribution in [0.4, 0.5) is 29.3 Å². The molecule has 0 unspecified atom stereocenters. The summed E-state index contributed by atoms with van der Waals surface area (Å²) in [7, 11) is 1.40. The van der Waals surface area contributed by atoms with E-state index in [-0.39, 0.29) is 17.2 Å². The van der Waals surface area contributed by atoms with Crippen LogP contribution in [-0.2, 0) is 6.18 Å². The second kappa shape index (κ2) is 8.71. The number of carbonyl (C=O) groups is 3. The quantitative estimate of drug-likeness (QED) is 0.439. The number of amides is 4. The third kappa shape index (κ3) is 4.67. The number of anilines is 2. The van der Waals surface area contributed by atoms with Crippen LogP contribution in [0.1, 0.15) is 26.3 Å². The molecule has 11 heteroatoms. The summed E-state index contributed by atoms with van der Waals surface area (Å²) < 4.78 is 44.6. The van der Waals surface area contributed by atoms with Crippen molar-refractivity contribution < 1.29 is 32.3 Å². The van der Waals surface area contributed by atoms with Crippen molar-refractivity contribution in [2.75, 3.05) is 17.7 Å². The number of rotatable bonds is 4. The number of nitrogens with zero attached hydrogens (tertiary/aromatic N) is 1. The number of ether oxygens (including phenoxy) is 1. The Morgan fingerprint density at radius 1 is 0.853 bits per heavy atom. The molecule has 0 aliphatic carbocycles. The fourth-order valence-electron chi connectivity index (χ4n) is 3.26. The third-order valence-corrected chi connectivity index (χ3v) is 5.27. The minimum Gasteiger partial charge on any atom is -0.457 e. The molecule has 2 N–H and O–H groups in total. The predicted molar refractivity (Wildman–Crippen MR) is 118 cm³/mol. The van der Waals surface area contributed by atoms with Gasteiger partial charge >= 0.3 is 12.2 Å². The van der Waals surface area contributed by atoms with Gasteiger partial charge in [-0.1, -0.05) is 11.6 Å². The number of hydrogen-bond donors (Lipinski definition) is 2. The summed E-state index contributed by atoms with van der Waals surface area (Å²) in [6.45, 7) is 0. The summed E-state index contributed by atoms with van der Waals surface area (Å²) in [6.07, 6.45) is -4.65. The van der Waals surface area contributed by atoms with Crippen molar-refractivity contribution >= 4 is 40.8 Å². The molecule has 34 heavy (non-hydrogen) atoms. The van der Waals surface area contributed by atoms with Crippen LogP contribution in [0.25, 0.3) is 0 Å². The topological polar surface area (TPSA) is 87.7 Å². The molecular weight excluding hydrogens is 475 g/mol. The van der Waals surface area contributed by atoms with Crippen molar-refractivity contribution in [3.63, 3.8) is 0 Å². The number of imide groups is 1. The van der Waals surface area contributed by atoms with Crippen molar-refractivity contribution in [1.29, 1.82) is 0 Å². The first-order chi connectivity index (χ1) is 16.0. The van der Waals surface area contributed by atoms with Gasteiger partial charge in [-0.3, -0.25) is 14.5 Å². The van der Waals surface area contributed by atoms with Crippen LogP contribution in [-0.4, -0.2) is 29.8 Å². The monoisotopic (exact) mass is 489 g/mol. The van der Waals surface area contributed by atoms with Gasteiger partial charge in [0.05, 0.1) is 21.7 Å². The summed E-state index contributed by atoms with van der Waals surface area (Å²) in [4.78, 5) is 37.3. The lowest BCUT2D eigenvalue weighted by atomic mass is 10.1. The Labute approximate surface area is 196 Å². The Kier molecular flexibility index (Phi) is 5.92. The van der Waals surface area contributed by atoms with E-state index >= 15 is 0 Å². The molecule has 7 nitrogen and oxygen atoms in total. The van der Waals surface area contributed by atoms with Gasteiger partial charge < -0.3 is 15.4 Å². The molecule has 174 valence electrons. The molecule has 3 aromatic carbocycles. The highest BCUT2D eigenvalue weighted by atomic mass is 35.5. The standard InChI is InChI=1S/C23H15ClF3N3O4/c1-30-20(31)16-8-7-15(11-17(16)21(30)32)34-14-5-2-12(3-6-14)28-22(33)29-13-4-9-19(24)18(10-13)23(25,26)27/h2-11H,1H3,(H2,28,29,33). The van der Waals surface area contributed by atoms with Gasteiger partial charge in [0.1, 0.15) is 11.5 Å². The van der Waals surface area contributed by atoms with Crippen LogP contribution >= 0.6 is 11.6 Å². The Balaban J connectivity index is 1.40. The summed E-state index contributed by atoms with van der Waals surface area (Å²) >= 11 is 5.57. The van der Waals surface area contributed by atoms with Crippen molar-refractivity contribution in [3.8, 4) is 11.5 Å². The Morgan fingerprint density at radius 2 is 1.44 bits per heavy atom. The van der Waals surface area contributed by atoms with Crippen LogP contribution in [0, 0.1) is 0 Å². The highest BCUT2D eigenvalue weighted by molar-refractivity contribution is 6.31. The van der Waals surface area contributed by atoms with E-state index in [0.717, 1.165) is 17.0 Å². The largest absolute Gasteiger partial charge is 0.457 e. The summed E-state index contributed by atoms with van der Waals surface area (Å²) in [5.41, 5.74) is -0.238. The molecule has 4 amide bonds. The first-order valence-corrected chi connectivity index (χ1v) is 10.1. The number of hydrogen-bond acceptors (Lipinski definition) is 4. The molecule has 0 saturated heterocycles. The van der Waals surface area contributed by atoms with Crippen molar-refractivity contribution in [1.82, 2.24) is 4.90 Å². The lowest BCUT2D eigenvalue weighted by Crippen LogP contribution is -2.24. The average molecular weight is 490 g/mol. The van der Waals surface area contributed by atoms with Crippen molar-refractivity contribution in [3.05, 3.63) is 82.4 Å². The highest BCUT2D eigenvalue weighted by Gasteiger charge is 2.34. The van der Waals surface area contributed by atoms with Crippen LogP contribution in [0.3, 0.4) is 0 Å². The molecule has 0 atom stereocenters. The number of benzene rings is 3. The van der Waals surface area contributed by atoms with Gasteiger partial charge in [-0.2, -0.15) is 13.2 Å². The maximum atomic E-state index is 13.0. The maximum Gasteiger partial charge on any atom is 0.417 e. The van der Waals surface area contributed by atoms with E-state index in [1.807, 2.05) is 0 Å². The van der Waals surface area contributed by atoms with E-state index < -0.39 is 28.7 Å². The lowest BCUT2D eigenvalue weighted by molar-refractivity contribution is -0.137. The predicted octanol–water partition coefficient (Wildman–Crippen LogP) is 6.02. The number of carbonyl (C=O) groups excluding carboxylic acids is 3. The Hall–Kier alpha value is -4.05. The second-order valence-corrected chi connectivity index (χ2v) is 7.68. The molecule has 0 radical (unpaired) electrons. The van der Waals surface area contributed by atoms with Gasteiger partial charge in [0.25, 0.3) is 11.8 Å². The average Bonchev–Trinajstić information content (AvgIpc) is 2.99. The molecule has 0 saturated carbocycles.